The summed E-state index contributed by atoms with van der Waals surface area (Å²) < 4.78 is 5.08. The van der Waals surface area contributed by atoms with E-state index in [9.17, 15) is 9.59 Å². The molecule has 0 aromatic heterocycles. The molecule has 0 saturated carbocycles. The Morgan fingerprint density at radius 2 is 2.05 bits per heavy atom. The van der Waals surface area contributed by atoms with Crippen LogP contribution >= 0.6 is 0 Å². The molecule has 1 amide bonds. The largest absolute Gasteiger partial charge is 0.466 e. The number of esters is 1. The second-order valence-corrected chi connectivity index (χ2v) is 5.62. The van der Waals surface area contributed by atoms with Gasteiger partial charge in [0.15, 0.2) is 0 Å². The van der Waals surface area contributed by atoms with Crippen molar-refractivity contribution in [2.45, 2.75) is 59.3 Å². The minimum Gasteiger partial charge on any atom is -0.466 e. The number of amides is 1. The van der Waals surface area contributed by atoms with Crippen molar-refractivity contribution in [2.24, 2.45) is 11.8 Å². The van der Waals surface area contributed by atoms with Crippen LogP contribution in [0.3, 0.4) is 0 Å². The Bertz CT molecular complexity index is 317. The number of unbranched alkanes of at least 4 members (excludes halogenated alkanes) is 1. The third-order valence-corrected chi connectivity index (χ3v) is 4.10. The van der Waals surface area contributed by atoms with Gasteiger partial charge in [-0.2, -0.15) is 0 Å². The maximum Gasteiger partial charge on any atom is 0.310 e. The van der Waals surface area contributed by atoms with E-state index >= 15 is 0 Å². The zero-order valence-electron chi connectivity index (χ0n) is 13.2. The van der Waals surface area contributed by atoms with Crippen LogP contribution in [0.15, 0.2) is 0 Å². The standard InChI is InChI=1S/C16H29NO3/c1-4-7-9-13(5-2)15(18)17-11-8-10-14(12-17)16(19)20-6-3/h13-14H,4-12H2,1-3H3/t13-,14-/m1/s1. The topological polar surface area (TPSA) is 46.6 Å². The van der Waals surface area contributed by atoms with Crippen molar-refractivity contribution < 1.29 is 14.3 Å². The van der Waals surface area contributed by atoms with Crippen LogP contribution in [-0.2, 0) is 14.3 Å². The first kappa shape index (κ1) is 17.0. The van der Waals surface area contributed by atoms with Gasteiger partial charge in [-0.05, 0) is 32.6 Å². The molecule has 0 spiro atoms. The fourth-order valence-corrected chi connectivity index (χ4v) is 2.84. The minimum absolute atomic E-state index is 0.121. The van der Waals surface area contributed by atoms with Crippen LogP contribution in [0.25, 0.3) is 0 Å². The Labute approximate surface area is 122 Å². The number of piperidine rings is 1. The zero-order chi connectivity index (χ0) is 15.0. The highest BCUT2D eigenvalue weighted by molar-refractivity contribution is 5.80. The Balaban J connectivity index is 2.56. The van der Waals surface area contributed by atoms with Crippen LogP contribution in [-0.4, -0.2) is 36.5 Å². The molecular weight excluding hydrogens is 254 g/mol. The van der Waals surface area contributed by atoms with Gasteiger partial charge in [-0.3, -0.25) is 9.59 Å². The number of hydrogen-bond acceptors (Lipinski definition) is 3. The van der Waals surface area contributed by atoms with Crippen LogP contribution in [0.5, 0.6) is 0 Å². The van der Waals surface area contributed by atoms with Crippen molar-refractivity contribution in [1.29, 1.82) is 0 Å². The molecule has 20 heavy (non-hydrogen) atoms. The Hall–Kier alpha value is -1.06. The highest BCUT2D eigenvalue weighted by Gasteiger charge is 2.31. The highest BCUT2D eigenvalue weighted by atomic mass is 16.5. The number of ether oxygens (including phenoxy) is 1. The van der Waals surface area contributed by atoms with E-state index in [2.05, 4.69) is 13.8 Å². The third-order valence-electron chi connectivity index (χ3n) is 4.10. The van der Waals surface area contributed by atoms with Gasteiger partial charge in [-0.15, -0.1) is 0 Å². The Morgan fingerprint density at radius 3 is 2.65 bits per heavy atom. The van der Waals surface area contributed by atoms with Gasteiger partial charge >= 0.3 is 5.97 Å². The zero-order valence-corrected chi connectivity index (χ0v) is 13.2. The van der Waals surface area contributed by atoms with Gasteiger partial charge in [0.1, 0.15) is 0 Å². The smallest absolute Gasteiger partial charge is 0.310 e. The van der Waals surface area contributed by atoms with Crippen molar-refractivity contribution in [3.8, 4) is 0 Å². The minimum atomic E-state index is -0.147. The maximum atomic E-state index is 12.5. The van der Waals surface area contributed by atoms with Crippen LogP contribution in [0.1, 0.15) is 59.3 Å². The van der Waals surface area contributed by atoms with Crippen LogP contribution in [0, 0.1) is 11.8 Å². The monoisotopic (exact) mass is 283 g/mol. The van der Waals surface area contributed by atoms with E-state index in [1.165, 1.54) is 0 Å². The number of hydrogen-bond donors (Lipinski definition) is 0. The average molecular weight is 283 g/mol. The molecule has 0 aliphatic carbocycles. The summed E-state index contributed by atoms with van der Waals surface area (Å²) in [4.78, 5) is 26.2. The van der Waals surface area contributed by atoms with Crippen LogP contribution < -0.4 is 0 Å². The maximum absolute atomic E-state index is 12.5. The van der Waals surface area contributed by atoms with E-state index in [1.54, 1.807) is 0 Å². The molecule has 2 atom stereocenters. The van der Waals surface area contributed by atoms with Gasteiger partial charge in [0, 0.05) is 19.0 Å². The first-order valence-electron chi connectivity index (χ1n) is 8.09. The molecule has 1 saturated heterocycles. The van der Waals surface area contributed by atoms with Gasteiger partial charge in [0.05, 0.1) is 12.5 Å². The summed E-state index contributed by atoms with van der Waals surface area (Å²) in [6.07, 6.45) is 5.81. The lowest BCUT2D eigenvalue weighted by Crippen LogP contribution is -2.45. The predicted molar refractivity (Wildman–Crippen MR) is 79.2 cm³/mol. The highest BCUT2D eigenvalue weighted by Crippen LogP contribution is 2.22. The summed E-state index contributed by atoms with van der Waals surface area (Å²) in [6, 6.07) is 0. The molecule has 1 rings (SSSR count). The number of carbonyl (C=O) groups excluding carboxylic acids is 2. The fraction of sp³-hybridized carbons (Fsp3) is 0.875. The van der Waals surface area contributed by atoms with E-state index in [1.807, 2.05) is 11.8 Å². The van der Waals surface area contributed by atoms with Gasteiger partial charge in [-0.25, -0.2) is 0 Å². The summed E-state index contributed by atoms with van der Waals surface area (Å²) in [5, 5.41) is 0. The second kappa shape index (κ2) is 8.98. The normalized spacial score (nSPS) is 20.6. The SMILES string of the molecule is CCCC[C@@H](CC)C(=O)N1CCC[C@@H](C(=O)OCC)C1. The summed E-state index contributed by atoms with van der Waals surface area (Å²) >= 11 is 0. The van der Waals surface area contributed by atoms with E-state index in [-0.39, 0.29) is 23.7 Å². The molecule has 0 aromatic carbocycles. The predicted octanol–water partition coefficient (Wildman–Crippen LogP) is 3.00. The molecule has 4 nitrogen and oxygen atoms in total. The molecular formula is C16H29NO3. The number of carbonyl (C=O) groups is 2. The molecule has 0 bridgehead atoms. The molecule has 1 aliphatic rings. The summed E-state index contributed by atoms with van der Waals surface area (Å²) in [7, 11) is 0. The first-order chi connectivity index (χ1) is 9.63. The molecule has 4 heteroatoms. The molecule has 1 heterocycles. The second-order valence-electron chi connectivity index (χ2n) is 5.62. The lowest BCUT2D eigenvalue weighted by atomic mass is 9.93. The van der Waals surface area contributed by atoms with Crippen molar-refractivity contribution >= 4 is 11.9 Å². The number of rotatable bonds is 7. The fourth-order valence-electron chi connectivity index (χ4n) is 2.84. The molecule has 0 radical (unpaired) electrons. The molecule has 0 aromatic rings. The molecule has 1 fully saturated rings. The lowest BCUT2D eigenvalue weighted by Gasteiger charge is -2.33. The summed E-state index contributed by atoms with van der Waals surface area (Å²) in [5.74, 6) is 0.0776. The van der Waals surface area contributed by atoms with Crippen molar-refractivity contribution in [3.05, 3.63) is 0 Å². The van der Waals surface area contributed by atoms with Crippen molar-refractivity contribution in [2.75, 3.05) is 19.7 Å². The number of nitrogens with zero attached hydrogens (tertiary/aromatic N) is 1. The Kier molecular flexibility index (Phi) is 7.63. The third kappa shape index (κ3) is 4.80. The van der Waals surface area contributed by atoms with Crippen LogP contribution in [0.2, 0.25) is 0 Å². The quantitative estimate of drug-likeness (QED) is 0.675. The molecule has 1 aliphatic heterocycles. The van der Waals surface area contributed by atoms with E-state index in [0.717, 1.165) is 45.1 Å². The van der Waals surface area contributed by atoms with Crippen LogP contribution in [0.4, 0.5) is 0 Å². The van der Waals surface area contributed by atoms with E-state index < -0.39 is 0 Å². The molecule has 0 N–H and O–H groups in total. The summed E-state index contributed by atoms with van der Waals surface area (Å²) in [6.45, 7) is 7.79. The van der Waals surface area contributed by atoms with Gasteiger partial charge in [-0.1, -0.05) is 26.7 Å². The van der Waals surface area contributed by atoms with Gasteiger partial charge in [0.2, 0.25) is 5.91 Å². The first-order valence-corrected chi connectivity index (χ1v) is 8.09. The van der Waals surface area contributed by atoms with Gasteiger partial charge < -0.3 is 9.64 Å². The Morgan fingerprint density at radius 1 is 1.30 bits per heavy atom. The summed E-state index contributed by atoms with van der Waals surface area (Å²) in [5.41, 5.74) is 0. The van der Waals surface area contributed by atoms with E-state index in [0.29, 0.717) is 13.2 Å². The number of likely N-dealkylation sites (tertiary alicyclic amines) is 1. The lowest BCUT2D eigenvalue weighted by molar-refractivity contribution is -0.152. The van der Waals surface area contributed by atoms with Crippen molar-refractivity contribution in [1.82, 2.24) is 4.90 Å². The molecule has 0 unspecified atom stereocenters. The van der Waals surface area contributed by atoms with Crippen molar-refractivity contribution in [3.63, 3.8) is 0 Å². The molecule has 116 valence electrons. The van der Waals surface area contributed by atoms with E-state index in [4.69, 9.17) is 4.74 Å². The van der Waals surface area contributed by atoms with Gasteiger partial charge in [0.25, 0.3) is 0 Å². The average Bonchev–Trinajstić information content (AvgIpc) is 2.48.